The summed E-state index contributed by atoms with van der Waals surface area (Å²) in [5.41, 5.74) is 2.95. The topological polar surface area (TPSA) is 101 Å². The van der Waals surface area contributed by atoms with E-state index in [-0.39, 0.29) is 17.0 Å². The molecule has 1 aliphatic heterocycles. The Kier molecular flexibility index (Phi) is 6.68. The van der Waals surface area contributed by atoms with E-state index in [4.69, 9.17) is 9.47 Å². The highest BCUT2D eigenvalue weighted by molar-refractivity contribution is 7.16. The molecule has 1 aliphatic rings. The largest absolute Gasteiger partial charge is 0.493 e. The summed E-state index contributed by atoms with van der Waals surface area (Å²) >= 11 is 1.46. The first-order chi connectivity index (χ1) is 16.0. The number of thiophene rings is 1. The molecule has 2 aromatic carbocycles. The summed E-state index contributed by atoms with van der Waals surface area (Å²) in [6.45, 7) is 2.45. The summed E-state index contributed by atoms with van der Waals surface area (Å²) in [4.78, 5) is 19.0. The van der Waals surface area contributed by atoms with Gasteiger partial charge in [0.2, 0.25) is 0 Å². The van der Waals surface area contributed by atoms with Crippen LogP contribution < -0.4 is 9.47 Å². The zero-order valence-electron chi connectivity index (χ0n) is 18.3. The molecule has 0 saturated carbocycles. The van der Waals surface area contributed by atoms with Crippen LogP contribution in [0.1, 0.15) is 27.1 Å². The highest BCUT2D eigenvalue weighted by Gasteiger charge is 2.25. The molecule has 0 amide bonds. The van der Waals surface area contributed by atoms with Gasteiger partial charge < -0.3 is 9.47 Å². The van der Waals surface area contributed by atoms with Gasteiger partial charge in [-0.3, -0.25) is 15.0 Å². The van der Waals surface area contributed by atoms with Crippen LogP contribution in [0.25, 0.3) is 0 Å². The van der Waals surface area contributed by atoms with Crippen molar-refractivity contribution in [1.82, 2.24) is 4.90 Å². The Labute approximate surface area is 195 Å². The number of aliphatic imine (C=N–C) groups is 1. The number of methoxy groups -OCH3 is 2. The molecule has 4 rings (SSSR count). The number of nitro benzene ring substituents is 1. The predicted molar refractivity (Wildman–Crippen MR) is 127 cm³/mol. The van der Waals surface area contributed by atoms with Gasteiger partial charge in [0, 0.05) is 30.7 Å². The van der Waals surface area contributed by atoms with Crippen molar-refractivity contribution in [1.29, 1.82) is 5.26 Å². The quantitative estimate of drug-likeness (QED) is 0.282. The zero-order valence-corrected chi connectivity index (χ0v) is 19.1. The highest BCUT2D eigenvalue weighted by atomic mass is 32.1. The molecule has 0 bridgehead atoms. The van der Waals surface area contributed by atoms with Gasteiger partial charge in [0.05, 0.1) is 36.3 Å². The van der Waals surface area contributed by atoms with E-state index >= 15 is 0 Å². The molecule has 0 spiro atoms. The van der Waals surface area contributed by atoms with Gasteiger partial charge in [-0.1, -0.05) is 30.3 Å². The minimum absolute atomic E-state index is 0.148. The second-order valence-electron chi connectivity index (χ2n) is 7.52. The minimum atomic E-state index is -0.491. The van der Waals surface area contributed by atoms with E-state index in [0.29, 0.717) is 16.3 Å². The number of nitriles is 1. The fourth-order valence-electron chi connectivity index (χ4n) is 3.90. The van der Waals surface area contributed by atoms with Gasteiger partial charge in [0.1, 0.15) is 11.1 Å². The Morgan fingerprint density at radius 1 is 1.24 bits per heavy atom. The SMILES string of the molecule is COc1cc(C=Nc2sc3c(c2C#N)CCN(Cc2ccccc2)C3)c([N+](=O)[O-])cc1OC. The number of hydrogen-bond acceptors (Lipinski definition) is 8. The molecule has 33 heavy (non-hydrogen) atoms. The molecule has 1 aromatic heterocycles. The molecule has 168 valence electrons. The Morgan fingerprint density at radius 3 is 2.64 bits per heavy atom. The third kappa shape index (κ3) is 4.72. The number of nitro groups is 1. The summed E-state index contributed by atoms with van der Waals surface area (Å²) < 4.78 is 10.4. The Morgan fingerprint density at radius 2 is 1.97 bits per heavy atom. The molecular formula is C24H22N4O4S. The molecule has 0 unspecified atom stereocenters. The molecule has 9 heteroatoms. The van der Waals surface area contributed by atoms with Crippen LogP contribution in [0.4, 0.5) is 10.7 Å². The van der Waals surface area contributed by atoms with Crippen LogP contribution in [0.2, 0.25) is 0 Å². The molecule has 0 radical (unpaired) electrons. The molecule has 0 N–H and O–H groups in total. The van der Waals surface area contributed by atoms with Gasteiger partial charge in [0.15, 0.2) is 11.5 Å². The van der Waals surface area contributed by atoms with E-state index in [1.54, 1.807) is 0 Å². The second-order valence-corrected chi connectivity index (χ2v) is 8.61. The van der Waals surface area contributed by atoms with Crippen LogP contribution in [-0.2, 0) is 19.5 Å². The first kappa shape index (κ1) is 22.5. The van der Waals surface area contributed by atoms with Crippen molar-refractivity contribution in [2.75, 3.05) is 20.8 Å². The van der Waals surface area contributed by atoms with Gasteiger partial charge >= 0.3 is 0 Å². The molecule has 3 aromatic rings. The number of nitrogens with zero attached hydrogens (tertiary/aromatic N) is 4. The third-order valence-electron chi connectivity index (χ3n) is 5.53. The molecule has 8 nitrogen and oxygen atoms in total. The molecule has 0 atom stereocenters. The lowest BCUT2D eigenvalue weighted by molar-refractivity contribution is -0.385. The monoisotopic (exact) mass is 462 g/mol. The fraction of sp³-hybridized carbons (Fsp3) is 0.250. The standard InChI is InChI=1S/C24H22N4O4S/c1-31-21-10-17(20(28(29)30)11-22(21)32-2)13-26-24-19(12-25)18-8-9-27(15-23(18)33-24)14-16-6-4-3-5-7-16/h3-7,10-11,13H,8-9,14-15H2,1-2H3. The van der Waals surface area contributed by atoms with E-state index in [1.807, 2.05) is 18.2 Å². The first-order valence-corrected chi connectivity index (χ1v) is 11.1. The van der Waals surface area contributed by atoms with Crippen molar-refractivity contribution in [3.8, 4) is 17.6 Å². The van der Waals surface area contributed by atoms with E-state index in [9.17, 15) is 15.4 Å². The van der Waals surface area contributed by atoms with Gasteiger partial charge in [-0.2, -0.15) is 5.26 Å². The lowest BCUT2D eigenvalue weighted by Crippen LogP contribution is -2.29. The van der Waals surface area contributed by atoms with Gasteiger partial charge in [-0.15, -0.1) is 11.3 Å². The van der Waals surface area contributed by atoms with Crippen LogP contribution in [0.5, 0.6) is 11.5 Å². The normalized spacial score (nSPS) is 13.5. The average Bonchev–Trinajstić information content (AvgIpc) is 3.19. The maximum absolute atomic E-state index is 11.6. The second kappa shape index (κ2) is 9.81. The maximum atomic E-state index is 11.6. The molecule has 0 fully saturated rings. The maximum Gasteiger partial charge on any atom is 0.282 e. The zero-order chi connectivity index (χ0) is 23.4. The van der Waals surface area contributed by atoms with Crippen molar-refractivity contribution in [3.63, 3.8) is 0 Å². The summed E-state index contributed by atoms with van der Waals surface area (Å²) in [5, 5.41) is 21.9. The van der Waals surface area contributed by atoms with E-state index in [0.717, 1.165) is 36.5 Å². The minimum Gasteiger partial charge on any atom is -0.493 e. The number of benzene rings is 2. The van der Waals surface area contributed by atoms with Crippen molar-refractivity contribution in [2.24, 2.45) is 4.99 Å². The highest BCUT2D eigenvalue weighted by Crippen LogP contribution is 2.39. The first-order valence-electron chi connectivity index (χ1n) is 10.3. The van der Waals surface area contributed by atoms with Crippen LogP contribution in [0.3, 0.4) is 0 Å². The Balaban J connectivity index is 1.63. The van der Waals surface area contributed by atoms with Crippen molar-refractivity contribution < 1.29 is 14.4 Å². The lowest BCUT2D eigenvalue weighted by atomic mass is 10.0. The molecule has 0 aliphatic carbocycles. The average molecular weight is 463 g/mol. The summed E-state index contributed by atoms with van der Waals surface area (Å²) in [7, 11) is 2.89. The van der Waals surface area contributed by atoms with Gasteiger partial charge in [0.25, 0.3) is 5.69 Å². The van der Waals surface area contributed by atoms with Crippen LogP contribution in [-0.4, -0.2) is 36.8 Å². The van der Waals surface area contributed by atoms with Crippen LogP contribution in [0, 0.1) is 21.4 Å². The molecular weight excluding hydrogens is 440 g/mol. The van der Waals surface area contributed by atoms with Gasteiger partial charge in [-0.25, -0.2) is 4.99 Å². The lowest BCUT2D eigenvalue weighted by Gasteiger charge is -2.26. The van der Waals surface area contributed by atoms with E-state index in [2.05, 4.69) is 28.1 Å². The number of hydrogen-bond donors (Lipinski definition) is 0. The fourth-order valence-corrected chi connectivity index (χ4v) is 5.08. The Bertz CT molecular complexity index is 1250. The van der Waals surface area contributed by atoms with E-state index < -0.39 is 4.92 Å². The van der Waals surface area contributed by atoms with Gasteiger partial charge in [-0.05, 0) is 23.6 Å². The van der Waals surface area contributed by atoms with Crippen molar-refractivity contribution in [2.45, 2.75) is 19.5 Å². The van der Waals surface area contributed by atoms with Crippen LogP contribution >= 0.6 is 11.3 Å². The summed E-state index contributed by atoms with van der Waals surface area (Å²) in [6.07, 6.45) is 2.19. The Hall–Kier alpha value is -3.74. The smallest absolute Gasteiger partial charge is 0.282 e. The van der Waals surface area contributed by atoms with Crippen molar-refractivity contribution in [3.05, 3.63) is 79.7 Å². The predicted octanol–water partition coefficient (Wildman–Crippen LogP) is 4.85. The number of ether oxygens (including phenoxy) is 2. The summed E-state index contributed by atoms with van der Waals surface area (Å²) in [5.74, 6) is 0.635. The molecule has 0 saturated heterocycles. The van der Waals surface area contributed by atoms with Crippen molar-refractivity contribution >= 4 is 28.2 Å². The number of rotatable bonds is 7. The summed E-state index contributed by atoms with van der Waals surface area (Å²) in [6, 6.07) is 15.4. The van der Waals surface area contributed by atoms with Crippen LogP contribution in [0.15, 0.2) is 47.5 Å². The number of fused-ring (bicyclic) bond motifs is 1. The van der Waals surface area contributed by atoms with E-state index in [1.165, 1.54) is 49.5 Å². The third-order valence-corrected chi connectivity index (χ3v) is 6.65. The molecule has 2 heterocycles.